The van der Waals surface area contributed by atoms with Crippen molar-refractivity contribution in [2.75, 3.05) is 13.2 Å². The average molecular weight is 1160 g/mol. The second-order valence-corrected chi connectivity index (χ2v) is 24.1. The molecular formula is C77H136O6. The van der Waals surface area contributed by atoms with Crippen LogP contribution in [0.2, 0.25) is 0 Å². The molecule has 0 saturated carbocycles. The Balaban J connectivity index is 4.33. The van der Waals surface area contributed by atoms with Crippen molar-refractivity contribution in [2.45, 2.75) is 374 Å². The van der Waals surface area contributed by atoms with Crippen LogP contribution in [0.1, 0.15) is 367 Å². The predicted octanol–water partition coefficient (Wildman–Crippen LogP) is 25.0. The molecule has 0 N–H and O–H groups in total. The molecule has 480 valence electrons. The largest absolute Gasteiger partial charge is 0.462 e. The minimum atomic E-state index is -0.792. The van der Waals surface area contributed by atoms with E-state index in [9.17, 15) is 14.4 Å². The van der Waals surface area contributed by atoms with Crippen LogP contribution < -0.4 is 0 Å². The van der Waals surface area contributed by atoms with Crippen molar-refractivity contribution in [3.63, 3.8) is 0 Å². The van der Waals surface area contributed by atoms with E-state index in [4.69, 9.17) is 14.2 Å². The predicted molar refractivity (Wildman–Crippen MR) is 362 cm³/mol. The van der Waals surface area contributed by atoms with E-state index in [1.165, 1.54) is 205 Å². The highest BCUT2D eigenvalue weighted by Gasteiger charge is 2.19. The van der Waals surface area contributed by atoms with Gasteiger partial charge in [-0.15, -0.1) is 0 Å². The normalized spacial score (nSPS) is 12.6. The summed E-state index contributed by atoms with van der Waals surface area (Å²) in [4.78, 5) is 38.5. The number of unbranched alkanes of at least 4 members (excludes halogenated alkanes) is 41. The van der Waals surface area contributed by atoms with Gasteiger partial charge in [-0.1, -0.05) is 337 Å². The first kappa shape index (κ1) is 79.6. The molecule has 0 aromatic rings. The van der Waals surface area contributed by atoms with Gasteiger partial charge in [-0.3, -0.25) is 14.4 Å². The van der Waals surface area contributed by atoms with Gasteiger partial charge in [-0.25, -0.2) is 0 Å². The second-order valence-electron chi connectivity index (χ2n) is 24.1. The first-order valence-electron chi connectivity index (χ1n) is 36.1. The highest BCUT2D eigenvalue weighted by molar-refractivity contribution is 5.71. The molecule has 83 heavy (non-hydrogen) atoms. The van der Waals surface area contributed by atoms with Crippen molar-refractivity contribution in [1.82, 2.24) is 0 Å². The molecule has 6 nitrogen and oxygen atoms in total. The van der Waals surface area contributed by atoms with Crippen LogP contribution in [0.4, 0.5) is 0 Å². The standard InChI is InChI=1S/C77H136O6/c1-4-7-10-13-16-19-22-25-28-31-33-35-36-37-38-39-40-42-43-46-49-52-55-58-61-64-67-70-76(79)82-73-74(72-81-75(78)69-66-63-60-57-54-51-48-45-30-27-24-21-18-15-12-9-6-3)83-77(80)71-68-65-62-59-56-53-50-47-44-41-34-32-29-26-23-20-17-14-11-8-5-2/h8,11,17-18,20-21,26-27,29-30,34,41,47,50,74H,4-7,9-10,12-16,19,22-25,28,31-33,35-40,42-46,48-49,51-73H2,1-3H3/b11-8-,20-17-,21-18-,29-26-,30-27-,41-34-,50-47-. The smallest absolute Gasteiger partial charge is 0.306 e. The third kappa shape index (κ3) is 69.3. The third-order valence-corrected chi connectivity index (χ3v) is 15.9. The van der Waals surface area contributed by atoms with Gasteiger partial charge in [0.15, 0.2) is 6.10 Å². The van der Waals surface area contributed by atoms with E-state index in [-0.39, 0.29) is 31.1 Å². The van der Waals surface area contributed by atoms with Gasteiger partial charge in [0.1, 0.15) is 13.2 Å². The summed E-state index contributed by atoms with van der Waals surface area (Å²) < 4.78 is 17.0. The van der Waals surface area contributed by atoms with E-state index in [1.807, 2.05) is 0 Å². The average Bonchev–Trinajstić information content (AvgIpc) is 3.50. The Morgan fingerprint density at radius 1 is 0.253 bits per heavy atom. The first-order chi connectivity index (χ1) is 41.0. The van der Waals surface area contributed by atoms with E-state index < -0.39 is 6.10 Å². The number of allylic oxidation sites excluding steroid dienone is 14. The van der Waals surface area contributed by atoms with E-state index in [0.29, 0.717) is 19.3 Å². The molecule has 1 atom stereocenters. The Hall–Kier alpha value is -3.41. The van der Waals surface area contributed by atoms with E-state index in [0.717, 1.165) is 122 Å². The van der Waals surface area contributed by atoms with Crippen molar-refractivity contribution in [3.05, 3.63) is 85.1 Å². The molecule has 0 heterocycles. The molecule has 0 fully saturated rings. The van der Waals surface area contributed by atoms with Crippen LogP contribution in [-0.2, 0) is 28.6 Å². The summed E-state index contributed by atoms with van der Waals surface area (Å²) in [7, 11) is 0. The number of hydrogen-bond acceptors (Lipinski definition) is 6. The molecule has 0 saturated heterocycles. The monoisotopic (exact) mass is 1160 g/mol. The fourth-order valence-electron chi connectivity index (χ4n) is 10.5. The zero-order valence-corrected chi connectivity index (χ0v) is 55.2. The molecule has 0 bridgehead atoms. The number of carbonyl (C=O) groups is 3. The maximum Gasteiger partial charge on any atom is 0.306 e. The summed E-state index contributed by atoms with van der Waals surface area (Å²) in [5.74, 6) is -0.892. The molecule has 0 rings (SSSR count). The molecule has 0 aliphatic rings. The minimum Gasteiger partial charge on any atom is -0.462 e. The highest BCUT2D eigenvalue weighted by atomic mass is 16.6. The Morgan fingerprint density at radius 2 is 0.470 bits per heavy atom. The topological polar surface area (TPSA) is 78.9 Å². The van der Waals surface area contributed by atoms with Crippen molar-refractivity contribution in [2.24, 2.45) is 0 Å². The Bertz CT molecular complexity index is 1570. The molecule has 0 spiro atoms. The lowest BCUT2D eigenvalue weighted by Gasteiger charge is -2.18. The number of ether oxygens (including phenoxy) is 3. The number of hydrogen-bond donors (Lipinski definition) is 0. The zero-order chi connectivity index (χ0) is 59.9. The third-order valence-electron chi connectivity index (χ3n) is 15.9. The molecule has 0 aromatic heterocycles. The SMILES string of the molecule is CC/C=C\C/C=C\C/C=C\C/C=C\C/C=C\CCCCCCCC(=O)OC(COC(=O)CCCCCCCCC/C=C\C/C=C\CCCCC)COC(=O)CCCCCCCCCCCCCCCCCCCCCCCCCCCCC. The fraction of sp³-hybridized carbons (Fsp3) is 0.779. The first-order valence-corrected chi connectivity index (χ1v) is 36.1. The van der Waals surface area contributed by atoms with E-state index in [1.54, 1.807) is 0 Å². The lowest BCUT2D eigenvalue weighted by molar-refractivity contribution is -0.167. The van der Waals surface area contributed by atoms with Crippen molar-refractivity contribution < 1.29 is 28.6 Å². The Kier molecular flexibility index (Phi) is 68.2. The summed E-state index contributed by atoms with van der Waals surface area (Å²) in [5.41, 5.74) is 0. The number of rotatable bonds is 66. The van der Waals surface area contributed by atoms with Crippen molar-refractivity contribution in [3.8, 4) is 0 Å². The van der Waals surface area contributed by atoms with Gasteiger partial charge >= 0.3 is 17.9 Å². The molecule has 0 aromatic carbocycles. The van der Waals surface area contributed by atoms with Crippen molar-refractivity contribution in [1.29, 1.82) is 0 Å². The fourth-order valence-corrected chi connectivity index (χ4v) is 10.5. The Morgan fingerprint density at radius 3 is 0.759 bits per heavy atom. The highest BCUT2D eigenvalue weighted by Crippen LogP contribution is 2.18. The molecule has 6 heteroatoms. The zero-order valence-electron chi connectivity index (χ0n) is 55.2. The van der Waals surface area contributed by atoms with Gasteiger partial charge < -0.3 is 14.2 Å². The van der Waals surface area contributed by atoms with Gasteiger partial charge in [-0.05, 0) is 96.3 Å². The Labute approximate surface area is 515 Å². The molecule has 0 radical (unpaired) electrons. The summed E-state index contributed by atoms with van der Waals surface area (Å²) in [6, 6.07) is 0. The maximum absolute atomic E-state index is 13.0. The van der Waals surface area contributed by atoms with Crippen LogP contribution in [0.3, 0.4) is 0 Å². The summed E-state index contributed by atoms with van der Waals surface area (Å²) >= 11 is 0. The van der Waals surface area contributed by atoms with Gasteiger partial charge in [0.05, 0.1) is 0 Å². The summed E-state index contributed by atoms with van der Waals surface area (Å²) in [6.45, 7) is 6.54. The van der Waals surface area contributed by atoms with Crippen LogP contribution in [0.15, 0.2) is 85.1 Å². The number of carbonyl (C=O) groups excluding carboxylic acids is 3. The lowest BCUT2D eigenvalue weighted by atomic mass is 10.0. The van der Waals surface area contributed by atoms with Crippen LogP contribution >= 0.6 is 0 Å². The van der Waals surface area contributed by atoms with Crippen molar-refractivity contribution >= 4 is 17.9 Å². The molecule has 0 aliphatic heterocycles. The van der Waals surface area contributed by atoms with Gasteiger partial charge in [0, 0.05) is 19.3 Å². The molecule has 0 aliphatic carbocycles. The molecular weight excluding hydrogens is 1020 g/mol. The lowest BCUT2D eigenvalue weighted by Crippen LogP contribution is -2.30. The van der Waals surface area contributed by atoms with E-state index >= 15 is 0 Å². The quantitative estimate of drug-likeness (QED) is 0.0261. The minimum absolute atomic E-state index is 0.0842. The molecule has 0 amide bonds. The van der Waals surface area contributed by atoms with Gasteiger partial charge in [0.25, 0.3) is 0 Å². The van der Waals surface area contributed by atoms with Crippen LogP contribution in [0, 0.1) is 0 Å². The summed E-state index contributed by atoms with van der Waals surface area (Å²) in [5, 5.41) is 0. The van der Waals surface area contributed by atoms with Gasteiger partial charge in [-0.2, -0.15) is 0 Å². The van der Waals surface area contributed by atoms with Crippen LogP contribution in [0.5, 0.6) is 0 Å². The second kappa shape index (κ2) is 71.1. The van der Waals surface area contributed by atoms with Crippen LogP contribution in [-0.4, -0.2) is 37.2 Å². The summed E-state index contributed by atoms with van der Waals surface area (Å²) in [6.07, 6.45) is 94.7. The van der Waals surface area contributed by atoms with E-state index in [2.05, 4.69) is 106 Å². The van der Waals surface area contributed by atoms with Gasteiger partial charge in [0.2, 0.25) is 0 Å². The number of esters is 3. The maximum atomic E-state index is 13.0. The van der Waals surface area contributed by atoms with Crippen LogP contribution in [0.25, 0.3) is 0 Å². The molecule has 1 unspecified atom stereocenters.